The van der Waals surface area contributed by atoms with Crippen LogP contribution in [0.1, 0.15) is 0 Å². The molecule has 0 aliphatic carbocycles. The standard InChI is InChI=1S/C38H22N2O/c1-2-9-34-30(6-1)32-8-3-7-31-29(17-19-35(41-34)36(31)32)27-14-12-26-22-28(15-13-25(26)21-27)33-18-16-24-11-10-23-5-4-20-39-37(23)38(24)40-33/h1-22H. The van der Waals surface area contributed by atoms with Crippen LogP contribution in [0.5, 0.6) is 11.5 Å². The number of hydrogen-bond acceptors (Lipinski definition) is 3. The second-order valence-electron chi connectivity index (χ2n) is 10.6. The Morgan fingerprint density at radius 2 is 1.22 bits per heavy atom. The molecular weight excluding hydrogens is 500 g/mol. The van der Waals surface area contributed by atoms with Crippen LogP contribution in [0, 0.1) is 0 Å². The van der Waals surface area contributed by atoms with Gasteiger partial charge in [-0.1, -0.05) is 91.0 Å². The molecule has 0 spiro atoms. The molecule has 0 atom stereocenters. The molecule has 0 saturated carbocycles. The average Bonchev–Trinajstić information content (AvgIpc) is 3.04. The van der Waals surface area contributed by atoms with Gasteiger partial charge in [0.2, 0.25) is 0 Å². The molecule has 6 aromatic carbocycles. The molecule has 0 saturated heterocycles. The summed E-state index contributed by atoms with van der Waals surface area (Å²) in [6, 6.07) is 44.9. The van der Waals surface area contributed by atoms with E-state index in [-0.39, 0.29) is 0 Å². The summed E-state index contributed by atoms with van der Waals surface area (Å²) >= 11 is 0. The minimum absolute atomic E-state index is 0.909. The zero-order valence-electron chi connectivity index (χ0n) is 22.0. The number of pyridine rings is 2. The minimum Gasteiger partial charge on any atom is -0.456 e. The lowest BCUT2D eigenvalue weighted by Crippen LogP contribution is -1.97. The van der Waals surface area contributed by atoms with Gasteiger partial charge < -0.3 is 4.74 Å². The highest BCUT2D eigenvalue weighted by atomic mass is 16.5. The van der Waals surface area contributed by atoms with Crippen molar-refractivity contribution >= 4 is 43.4 Å². The fourth-order valence-corrected chi connectivity index (χ4v) is 6.29. The Bertz CT molecular complexity index is 2360. The molecule has 9 rings (SSSR count). The van der Waals surface area contributed by atoms with Crippen molar-refractivity contribution in [2.45, 2.75) is 0 Å². The normalized spacial score (nSPS) is 12.1. The second-order valence-corrected chi connectivity index (χ2v) is 10.6. The molecule has 0 radical (unpaired) electrons. The first-order valence-electron chi connectivity index (χ1n) is 13.8. The predicted molar refractivity (Wildman–Crippen MR) is 168 cm³/mol. The van der Waals surface area contributed by atoms with Crippen LogP contribution >= 0.6 is 0 Å². The van der Waals surface area contributed by atoms with Crippen LogP contribution in [-0.4, -0.2) is 9.97 Å². The van der Waals surface area contributed by atoms with Gasteiger partial charge in [-0.2, -0.15) is 0 Å². The average molecular weight is 523 g/mol. The molecule has 0 unspecified atom stereocenters. The maximum Gasteiger partial charge on any atom is 0.135 e. The molecule has 3 heterocycles. The Hall–Kier alpha value is -5.54. The summed E-state index contributed by atoms with van der Waals surface area (Å²) in [5.74, 6) is 1.82. The van der Waals surface area contributed by atoms with Gasteiger partial charge in [0.05, 0.1) is 16.7 Å². The summed E-state index contributed by atoms with van der Waals surface area (Å²) in [5, 5.41) is 6.95. The summed E-state index contributed by atoms with van der Waals surface area (Å²) in [6.45, 7) is 0. The van der Waals surface area contributed by atoms with Gasteiger partial charge in [0.15, 0.2) is 0 Å². The van der Waals surface area contributed by atoms with E-state index in [1.807, 2.05) is 24.4 Å². The monoisotopic (exact) mass is 522 g/mol. The highest BCUT2D eigenvalue weighted by Crippen LogP contribution is 2.48. The number of benzene rings is 6. The third kappa shape index (κ3) is 3.39. The molecule has 41 heavy (non-hydrogen) atoms. The Labute approximate surface area is 236 Å². The molecular formula is C38H22N2O. The first-order chi connectivity index (χ1) is 20.3. The van der Waals surface area contributed by atoms with Gasteiger partial charge in [0, 0.05) is 33.5 Å². The van der Waals surface area contributed by atoms with Crippen molar-refractivity contribution in [2.24, 2.45) is 0 Å². The fourth-order valence-electron chi connectivity index (χ4n) is 6.29. The molecule has 0 amide bonds. The number of rotatable bonds is 2. The van der Waals surface area contributed by atoms with Gasteiger partial charge in [0.25, 0.3) is 0 Å². The Morgan fingerprint density at radius 1 is 0.463 bits per heavy atom. The van der Waals surface area contributed by atoms with E-state index in [1.54, 1.807) is 0 Å². The zero-order valence-corrected chi connectivity index (χ0v) is 22.0. The largest absolute Gasteiger partial charge is 0.456 e. The molecule has 1 aliphatic heterocycles. The van der Waals surface area contributed by atoms with Crippen molar-refractivity contribution in [3.8, 4) is 45.0 Å². The number of aromatic nitrogens is 2. The predicted octanol–water partition coefficient (Wildman–Crippen LogP) is 10.2. The number of nitrogens with zero attached hydrogens (tertiary/aromatic N) is 2. The van der Waals surface area contributed by atoms with Crippen LogP contribution in [0.4, 0.5) is 0 Å². The number of para-hydroxylation sites is 1. The summed E-state index contributed by atoms with van der Waals surface area (Å²) in [6.07, 6.45) is 1.83. The third-order valence-electron chi connectivity index (χ3n) is 8.28. The lowest BCUT2D eigenvalue weighted by atomic mass is 9.90. The Kier molecular flexibility index (Phi) is 4.61. The maximum absolute atomic E-state index is 6.31. The van der Waals surface area contributed by atoms with Crippen molar-refractivity contribution in [1.29, 1.82) is 0 Å². The Balaban J connectivity index is 1.15. The van der Waals surface area contributed by atoms with Crippen molar-refractivity contribution in [3.05, 3.63) is 134 Å². The summed E-state index contributed by atoms with van der Waals surface area (Å²) in [4.78, 5) is 9.67. The van der Waals surface area contributed by atoms with Crippen molar-refractivity contribution in [2.75, 3.05) is 0 Å². The lowest BCUT2D eigenvalue weighted by Gasteiger charge is -2.22. The topological polar surface area (TPSA) is 35.0 Å². The molecule has 0 fully saturated rings. The maximum atomic E-state index is 6.31. The van der Waals surface area contributed by atoms with Crippen LogP contribution in [0.15, 0.2) is 134 Å². The van der Waals surface area contributed by atoms with E-state index in [9.17, 15) is 0 Å². The highest BCUT2D eigenvalue weighted by molar-refractivity contribution is 6.10. The summed E-state index contributed by atoms with van der Waals surface area (Å²) in [5.41, 5.74) is 8.67. The molecule has 0 bridgehead atoms. The summed E-state index contributed by atoms with van der Waals surface area (Å²) in [7, 11) is 0. The molecule has 1 aliphatic rings. The smallest absolute Gasteiger partial charge is 0.135 e. The minimum atomic E-state index is 0.909. The quantitative estimate of drug-likeness (QED) is 0.212. The third-order valence-corrected chi connectivity index (χ3v) is 8.28. The number of fused-ring (bicyclic) bond motifs is 6. The van der Waals surface area contributed by atoms with E-state index in [2.05, 4.69) is 114 Å². The van der Waals surface area contributed by atoms with Gasteiger partial charge in [-0.3, -0.25) is 4.98 Å². The van der Waals surface area contributed by atoms with E-state index in [0.29, 0.717) is 0 Å². The van der Waals surface area contributed by atoms with Gasteiger partial charge >= 0.3 is 0 Å². The Morgan fingerprint density at radius 3 is 2.15 bits per heavy atom. The van der Waals surface area contributed by atoms with Gasteiger partial charge in [-0.15, -0.1) is 0 Å². The van der Waals surface area contributed by atoms with E-state index in [4.69, 9.17) is 9.72 Å². The lowest BCUT2D eigenvalue weighted by molar-refractivity contribution is 0.487. The van der Waals surface area contributed by atoms with E-state index in [0.717, 1.165) is 50.1 Å². The fraction of sp³-hybridized carbons (Fsp3) is 0. The van der Waals surface area contributed by atoms with E-state index >= 15 is 0 Å². The first-order valence-corrected chi connectivity index (χ1v) is 13.8. The van der Waals surface area contributed by atoms with Crippen molar-refractivity contribution < 1.29 is 4.74 Å². The molecule has 0 N–H and O–H groups in total. The van der Waals surface area contributed by atoms with E-state index < -0.39 is 0 Å². The van der Waals surface area contributed by atoms with Crippen LogP contribution in [-0.2, 0) is 0 Å². The number of ether oxygens (including phenoxy) is 1. The van der Waals surface area contributed by atoms with Crippen LogP contribution < -0.4 is 4.74 Å². The molecule has 3 nitrogen and oxygen atoms in total. The molecule has 2 aromatic heterocycles. The molecule has 3 heteroatoms. The summed E-state index contributed by atoms with van der Waals surface area (Å²) < 4.78 is 6.31. The van der Waals surface area contributed by atoms with Gasteiger partial charge in [-0.25, -0.2) is 4.98 Å². The van der Waals surface area contributed by atoms with Crippen LogP contribution in [0.25, 0.3) is 76.9 Å². The highest BCUT2D eigenvalue weighted by Gasteiger charge is 2.21. The van der Waals surface area contributed by atoms with Crippen molar-refractivity contribution in [3.63, 3.8) is 0 Å². The zero-order chi connectivity index (χ0) is 26.9. The number of hydrogen-bond donors (Lipinski definition) is 0. The first kappa shape index (κ1) is 22.3. The SMILES string of the molecule is c1ccc2c(c1)Oc1ccc(-c3ccc4cc(-c5ccc6ccc7cccnc7c6n5)ccc4c3)c3cccc-2c13. The van der Waals surface area contributed by atoms with Crippen LogP contribution in [0.3, 0.4) is 0 Å². The molecule has 190 valence electrons. The van der Waals surface area contributed by atoms with Crippen LogP contribution in [0.2, 0.25) is 0 Å². The molecule has 8 aromatic rings. The van der Waals surface area contributed by atoms with Gasteiger partial charge in [0.1, 0.15) is 11.5 Å². The van der Waals surface area contributed by atoms with Gasteiger partial charge in [-0.05, 0) is 69.2 Å². The second kappa shape index (κ2) is 8.48. The van der Waals surface area contributed by atoms with Crippen molar-refractivity contribution in [1.82, 2.24) is 9.97 Å². The van der Waals surface area contributed by atoms with E-state index in [1.165, 1.54) is 38.2 Å².